The molecule has 0 spiro atoms. The van der Waals surface area contributed by atoms with Crippen molar-refractivity contribution in [3.05, 3.63) is 41.3 Å². The molecule has 2 aromatic rings. The first-order valence-electron chi connectivity index (χ1n) is 5.06. The molecule has 0 aliphatic heterocycles. The number of benzene rings is 1. The normalized spacial score (nSPS) is 9.61. The number of aromatic nitrogens is 2. The number of hydrogen-bond acceptors (Lipinski definition) is 5. The summed E-state index contributed by atoms with van der Waals surface area (Å²) < 4.78 is 5.12. The fourth-order valence-electron chi connectivity index (χ4n) is 1.43. The topological polar surface area (TPSA) is 70.8 Å². The van der Waals surface area contributed by atoms with Crippen molar-refractivity contribution in [3.63, 3.8) is 0 Å². The third-order valence-electron chi connectivity index (χ3n) is 2.22. The Hall–Kier alpha value is -2.32. The molecule has 0 aliphatic rings. The predicted molar refractivity (Wildman–Crippen MR) is 68.0 cm³/mol. The zero-order chi connectivity index (χ0) is 13.0. The quantitative estimate of drug-likeness (QED) is 0.859. The van der Waals surface area contributed by atoms with Crippen LogP contribution >= 0.6 is 11.6 Å². The lowest BCUT2D eigenvalue weighted by molar-refractivity contribution is 0.413. The highest BCUT2D eigenvalue weighted by molar-refractivity contribution is 6.31. The number of halogens is 1. The minimum Gasteiger partial charge on any atom is -0.490 e. The highest BCUT2D eigenvalue weighted by Gasteiger charge is 2.10. The summed E-state index contributed by atoms with van der Waals surface area (Å²) in [5.74, 6) is 0.814. The lowest BCUT2D eigenvalue weighted by Crippen LogP contribution is -1.99. The molecule has 90 valence electrons. The van der Waals surface area contributed by atoms with Gasteiger partial charge in [-0.3, -0.25) is 0 Å². The van der Waals surface area contributed by atoms with E-state index < -0.39 is 0 Å². The number of rotatable bonds is 3. The van der Waals surface area contributed by atoms with Crippen molar-refractivity contribution in [2.45, 2.75) is 0 Å². The predicted octanol–water partition coefficient (Wildman–Crippen LogP) is 2.75. The first kappa shape index (κ1) is 12.1. The van der Waals surface area contributed by atoms with E-state index in [-0.39, 0.29) is 5.15 Å². The smallest absolute Gasteiger partial charge is 0.199 e. The van der Waals surface area contributed by atoms with E-state index in [0.717, 1.165) is 5.69 Å². The van der Waals surface area contributed by atoms with Gasteiger partial charge in [-0.05, 0) is 18.2 Å². The Morgan fingerprint density at radius 1 is 1.39 bits per heavy atom. The Bertz CT molecular complexity index is 609. The van der Waals surface area contributed by atoms with Gasteiger partial charge in [0.15, 0.2) is 16.7 Å². The van der Waals surface area contributed by atoms with Gasteiger partial charge < -0.3 is 10.1 Å². The van der Waals surface area contributed by atoms with Crippen LogP contribution in [0.2, 0.25) is 5.15 Å². The first-order chi connectivity index (χ1) is 8.74. The van der Waals surface area contributed by atoms with Gasteiger partial charge >= 0.3 is 0 Å². The largest absolute Gasteiger partial charge is 0.490 e. The fraction of sp³-hybridized carbons (Fsp3) is 0.0833. The molecule has 0 unspecified atom stereocenters. The average Bonchev–Trinajstić information content (AvgIpc) is 2.39. The van der Waals surface area contributed by atoms with Crippen molar-refractivity contribution >= 4 is 23.1 Å². The van der Waals surface area contributed by atoms with Crippen molar-refractivity contribution in [1.82, 2.24) is 9.97 Å². The third-order valence-corrected chi connectivity index (χ3v) is 2.49. The van der Waals surface area contributed by atoms with Crippen LogP contribution in [0.4, 0.5) is 11.5 Å². The maximum Gasteiger partial charge on any atom is 0.199 e. The van der Waals surface area contributed by atoms with Crippen LogP contribution in [0.3, 0.4) is 0 Å². The molecule has 1 N–H and O–H groups in total. The van der Waals surface area contributed by atoms with Crippen molar-refractivity contribution in [1.29, 1.82) is 5.26 Å². The van der Waals surface area contributed by atoms with E-state index in [1.165, 1.54) is 13.4 Å². The molecule has 0 radical (unpaired) electrons. The van der Waals surface area contributed by atoms with Gasteiger partial charge in [-0.25, -0.2) is 9.97 Å². The number of nitrogens with zero attached hydrogens (tertiary/aromatic N) is 3. The van der Waals surface area contributed by atoms with E-state index in [1.54, 1.807) is 18.2 Å². The first-order valence-corrected chi connectivity index (χ1v) is 5.44. The summed E-state index contributed by atoms with van der Waals surface area (Å²) in [6, 6.07) is 9.07. The van der Waals surface area contributed by atoms with Crippen LogP contribution < -0.4 is 10.1 Å². The van der Waals surface area contributed by atoms with Crippen molar-refractivity contribution in [3.8, 4) is 11.8 Å². The van der Waals surface area contributed by atoms with E-state index in [4.69, 9.17) is 21.6 Å². The molecule has 1 heterocycles. The molecule has 0 fully saturated rings. The van der Waals surface area contributed by atoms with Gasteiger partial charge in [0.05, 0.1) is 18.7 Å². The minimum atomic E-state index is 0.228. The Labute approximate surface area is 109 Å². The maximum absolute atomic E-state index is 8.82. The second kappa shape index (κ2) is 5.34. The molecule has 0 amide bonds. The van der Waals surface area contributed by atoms with Gasteiger partial charge in [-0.1, -0.05) is 17.7 Å². The van der Waals surface area contributed by atoms with Crippen LogP contribution in [-0.4, -0.2) is 17.1 Å². The molecule has 0 aliphatic carbocycles. The van der Waals surface area contributed by atoms with Crippen LogP contribution in [0.5, 0.6) is 5.75 Å². The molecule has 0 saturated carbocycles. The summed E-state index contributed by atoms with van der Waals surface area (Å²) in [4.78, 5) is 7.87. The van der Waals surface area contributed by atoms with E-state index in [9.17, 15) is 0 Å². The van der Waals surface area contributed by atoms with Gasteiger partial charge in [0.2, 0.25) is 0 Å². The van der Waals surface area contributed by atoms with Crippen molar-refractivity contribution < 1.29 is 4.74 Å². The Morgan fingerprint density at radius 3 is 2.94 bits per heavy atom. The van der Waals surface area contributed by atoms with Crippen molar-refractivity contribution in [2.24, 2.45) is 0 Å². The van der Waals surface area contributed by atoms with Gasteiger partial charge in [-0.2, -0.15) is 5.26 Å². The zero-order valence-electron chi connectivity index (χ0n) is 9.51. The molecule has 18 heavy (non-hydrogen) atoms. The summed E-state index contributed by atoms with van der Waals surface area (Å²) in [5.41, 5.74) is 1.28. The highest BCUT2D eigenvalue weighted by Crippen LogP contribution is 2.30. The molecule has 2 rings (SSSR count). The summed E-state index contributed by atoms with van der Waals surface area (Å²) in [5, 5.41) is 12.1. The van der Waals surface area contributed by atoms with Gasteiger partial charge in [-0.15, -0.1) is 0 Å². The second-order valence-corrected chi connectivity index (χ2v) is 3.72. The highest BCUT2D eigenvalue weighted by atomic mass is 35.5. The minimum absolute atomic E-state index is 0.228. The fourth-order valence-corrected chi connectivity index (χ4v) is 1.64. The van der Waals surface area contributed by atoms with Gasteiger partial charge in [0.25, 0.3) is 0 Å². The summed E-state index contributed by atoms with van der Waals surface area (Å²) in [7, 11) is 1.49. The Kier molecular flexibility index (Phi) is 3.60. The van der Waals surface area contributed by atoms with E-state index in [2.05, 4.69) is 21.4 Å². The standard InChI is InChI=1S/C12H9ClN4O/c1-18-10-11(13)15-7-16-12(10)17-9-4-2-3-8(5-9)6-14/h2-5,7H,1H3,(H,15,16,17). The number of hydrogen-bond donors (Lipinski definition) is 1. The third kappa shape index (κ3) is 2.50. The summed E-state index contributed by atoms with van der Waals surface area (Å²) in [6.45, 7) is 0. The molecule has 0 atom stereocenters. The molecular weight excluding hydrogens is 252 g/mol. The molecule has 1 aromatic heterocycles. The monoisotopic (exact) mass is 260 g/mol. The molecule has 5 nitrogen and oxygen atoms in total. The number of nitriles is 1. The lowest BCUT2D eigenvalue weighted by Gasteiger charge is -2.10. The SMILES string of the molecule is COc1c(Cl)ncnc1Nc1cccc(C#N)c1. The average molecular weight is 261 g/mol. The van der Waals surface area contributed by atoms with Crippen LogP contribution in [0.1, 0.15) is 5.56 Å². The van der Waals surface area contributed by atoms with Gasteiger partial charge in [0, 0.05) is 5.69 Å². The summed E-state index contributed by atoms with van der Waals surface area (Å²) >= 11 is 5.89. The number of methoxy groups -OCH3 is 1. The van der Waals surface area contributed by atoms with Gasteiger partial charge in [0.1, 0.15) is 6.33 Å². The Balaban J connectivity index is 2.34. The van der Waals surface area contributed by atoms with Crippen molar-refractivity contribution in [2.75, 3.05) is 12.4 Å². The molecule has 1 aromatic carbocycles. The van der Waals surface area contributed by atoms with Crippen LogP contribution in [0, 0.1) is 11.3 Å². The number of nitrogens with one attached hydrogen (secondary N) is 1. The lowest BCUT2D eigenvalue weighted by atomic mass is 10.2. The van der Waals surface area contributed by atoms with E-state index in [0.29, 0.717) is 17.1 Å². The van der Waals surface area contributed by atoms with Crippen LogP contribution in [0.25, 0.3) is 0 Å². The zero-order valence-corrected chi connectivity index (χ0v) is 10.3. The second-order valence-electron chi connectivity index (χ2n) is 3.36. The van der Waals surface area contributed by atoms with E-state index in [1.807, 2.05) is 6.07 Å². The number of ether oxygens (including phenoxy) is 1. The van der Waals surface area contributed by atoms with Crippen LogP contribution in [-0.2, 0) is 0 Å². The molecule has 0 saturated heterocycles. The number of anilines is 2. The summed E-state index contributed by atoms with van der Waals surface area (Å²) in [6.07, 6.45) is 1.33. The molecule has 0 bridgehead atoms. The van der Waals surface area contributed by atoms with E-state index >= 15 is 0 Å². The maximum atomic E-state index is 8.82. The molecular formula is C12H9ClN4O. The molecule has 6 heteroatoms. The Morgan fingerprint density at radius 2 is 2.22 bits per heavy atom. The van der Waals surface area contributed by atoms with Crippen LogP contribution in [0.15, 0.2) is 30.6 Å².